The number of primary amides is 1. The molecule has 0 saturated heterocycles. The normalized spacial score (nSPS) is 11.5. The Kier molecular flexibility index (Phi) is 6.29. The number of nitrogens with zero attached hydrogens (tertiary/aromatic N) is 5. The molecular weight excluding hydrogens is 504 g/mol. The smallest absolute Gasteiger partial charge is 0.291 e. The number of carbonyl (C=O) groups excluding carboxylic acids is 2. The molecule has 37 heavy (non-hydrogen) atoms. The Morgan fingerprint density at radius 3 is 2.70 bits per heavy atom. The van der Waals surface area contributed by atoms with Gasteiger partial charge in [0.2, 0.25) is 0 Å². The van der Waals surface area contributed by atoms with Gasteiger partial charge in [0.1, 0.15) is 21.2 Å². The van der Waals surface area contributed by atoms with Crippen LogP contribution in [0.3, 0.4) is 0 Å². The summed E-state index contributed by atoms with van der Waals surface area (Å²) < 4.78 is 36.5. The van der Waals surface area contributed by atoms with Crippen LogP contribution >= 0.6 is 11.3 Å². The van der Waals surface area contributed by atoms with E-state index in [0.29, 0.717) is 35.4 Å². The van der Waals surface area contributed by atoms with Crippen molar-refractivity contribution in [1.29, 1.82) is 0 Å². The third-order valence-electron chi connectivity index (χ3n) is 5.82. The van der Waals surface area contributed by atoms with Crippen molar-refractivity contribution >= 4 is 39.1 Å². The Morgan fingerprint density at radius 2 is 2.05 bits per heavy atom. The molecule has 0 unspecified atom stereocenters. The largest absolute Gasteiger partial charge is 0.454 e. The van der Waals surface area contributed by atoms with Gasteiger partial charge in [-0.1, -0.05) is 0 Å². The molecule has 5 heterocycles. The maximum Gasteiger partial charge on any atom is 0.291 e. The molecule has 0 aliphatic rings. The minimum atomic E-state index is -2.85. The third kappa shape index (κ3) is 4.48. The second-order valence-corrected chi connectivity index (χ2v) is 9.13. The Labute approximate surface area is 212 Å². The van der Waals surface area contributed by atoms with E-state index in [9.17, 15) is 18.4 Å². The highest BCUT2D eigenvalue weighted by Gasteiger charge is 2.27. The number of carbonyl (C=O) groups is 2. The monoisotopic (exact) mass is 525 g/mol. The van der Waals surface area contributed by atoms with E-state index in [-0.39, 0.29) is 21.2 Å². The zero-order valence-corrected chi connectivity index (χ0v) is 20.6. The SMILES string of the molecule is CCn1ncc(-c2cc(C(F)F)nc3sc(C(N)=O)c(NC(=O)c4ccc(Cn5cccn5)o4)c23)c1C. The molecule has 5 aromatic heterocycles. The minimum Gasteiger partial charge on any atom is -0.454 e. The molecule has 5 rings (SSSR count). The first-order valence-electron chi connectivity index (χ1n) is 11.2. The Bertz CT molecular complexity index is 1620. The number of thiophene rings is 1. The number of hydrogen-bond donors (Lipinski definition) is 2. The number of furan rings is 1. The van der Waals surface area contributed by atoms with Crippen LogP contribution in [-0.2, 0) is 13.1 Å². The molecule has 5 aromatic rings. The number of rotatable bonds is 8. The van der Waals surface area contributed by atoms with Crippen molar-refractivity contribution in [1.82, 2.24) is 24.5 Å². The fourth-order valence-electron chi connectivity index (χ4n) is 4.08. The van der Waals surface area contributed by atoms with E-state index >= 15 is 0 Å². The number of pyridine rings is 1. The molecule has 0 aromatic carbocycles. The second kappa shape index (κ2) is 9.58. The summed E-state index contributed by atoms with van der Waals surface area (Å²) in [7, 11) is 0. The molecule has 0 bridgehead atoms. The maximum absolute atomic E-state index is 13.7. The van der Waals surface area contributed by atoms with Crippen LogP contribution in [-0.4, -0.2) is 36.4 Å². The fraction of sp³-hybridized carbons (Fsp3) is 0.208. The molecule has 190 valence electrons. The zero-order chi connectivity index (χ0) is 26.3. The Hall–Kier alpha value is -4.39. The summed E-state index contributed by atoms with van der Waals surface area (Å²) >= 11 is 0.833. The number of halogens is 2. The molecule has 0 saturated carbocycles. The standard InChI is InChI=1S/C24H21F2N7O3S/c1-3-33-12(2)15(10-29-33)14-9-16(21(25)26)30-24-18(14)19(20(37-24)22(27)34)31-23(35)17-6-5-13(36-17)11-32-8-4-7-28-32/h4-10,21H,3,11H2,1-2H3,(H2,27,34)(H,31,35). The van der Waals surface area contributed by atoms with Crippen LogP contribution in [0.25, 0.3) is 21.3 Å². The molecule has 0 atom stereocenters. The first-order chi connectivity index (χ1) is 17.8. The number of nitrogens with one attached hydrogen (secondary N) is 1. The van der Waals surface area contributed by atoms with Gasteiger partial charge in [0.05, 0.1) is 18.4 Å². The van der Waals surface area contributed by atoms with Gasteiger partial charge in [-0.25, -0.2) is 13.8 Å². The van der Waals surface area contributed by atoms with Gasteiger partial charge in [0, 0.05) is 35.6 Å². The number of fused-ring (bicyclic) bond motifs is 1. The lowest BCUT2D eigenvalue weighted by atomic mass is 10.0. The van der Waals surface area contributed by atoms with E-state index in [2.05, 4.69) is 20.5 Å². The summed E-state index contributed by atoms with van der Waals surface area (Å²) in [5.41, 5.74) is 6.88. The van der Waals surface area contributed by atoms with Crippen molar-refractivity contribution in [2.75, 3.05) is 5.32 Å². The average molecular weight is 526 g/mol. The Balaban J connectivity index is 1.61. The van der Waals surface area contributed by atoms with Gasteiger partial charge in [-0.05, 0) is 43.7 Å². The van der Waals surface area contributed by atoms with Gasteiger partial charge in [0.15, 0.2) is 5.76 Å². The fourth-order valence-corrected chi connectivity index (χ4v) is 5.09. The molecule has 0 spiro atoms. The first kappa shape index (κ1) is 24.3. The number of amides is 2. The number of nitrogens with two attached hydrogens (primary N) is 1. The molecule has 0 aliphatic heterocycles. The van der Waals surface area contributed by atoms with Gasteiger partial charge in [-0.2, -0.15) is 10.2 Å². The van der Waals surface area contributed by atoms with E-state index in [4.69, 9.17) is 10.2 Å². The lowest BCUT2D eigenvalue weighted by molar-refractivity contribution is 0.0994. The van der Waals surface area contributed by atoms with Crippen molar-refractivity contribution in [3.63, 3.8) is 0 Å². The van der Waals surface area contributed by atoms with Crippen LogP contribution in [0.2, 0.25) is 0 Å². The second-order valence-electron chi connectivity index (χ2n) is 8.13. The Morgan fingerprint density at radius 1 is 1.24 bits per heavy atom. The van der Waals surface area contributed by atoms with Crippen LogP contribution in [0.5, 0.6) is 0 Å². The molecule has 3 N–H and O–H groups in total. The lowest BCUT2D eigenvalue weighted by Crippen LogP contribution is -2.16. The number of aryl methyl sites for hydroxylation is 1. The van der Waals surface area contributed by atoms with Crippen molar-refractivity contribution in [2.45, 2.75) is 33.4 Å². The molecular formula is C24H21F2N7O3S. The van der Waals surface area contributed by atoms with Crippen molar-refractivity contribution in [3.05, 3.63) is 70.6 Å². The van der Waals surface area contributed by atoms with Crippen LogP contribution in [0.4, 0.5) is 14.5 Å². The van der Waals surface area contributed by atoms with Crippen molar-refractivity contribution < 1.29 is 22.8 Å². The number of anilines is 1. The molecule has 0 radical (unpaired) electrons. The van der Waals surface area contributed by atoms with Crippen LogP contribution in [0, 0.1) is 6.92 Å². The quantitative estimate of drug-likeness (QED) is 0.304. The van der Waals surface area contributed by atoms with E-state index in [1.807, 2.05) is 13.8 Å². The highest BCUT2D eigenvalue weighted by Crippen LogP contribution is 2.43. The third-order valence-corrected chi connectivity index (χ3v) is 6.92. The highest BCUT2D eigenvalue weighted by atomic mass is 32.1. The predicted molar refractivity (Wildman–Crippen MR) is 133 cm³/mol. The number of hydrogen-bond acceptors (Lipinski definition) is 7. The summed E-state index contributed by atoms with van der Waals surface area (Å²) in [4.78, 5) is 29.7. The zero-order valence-electron chi connectivity index (χ0n) is 19.7. The van der Waals surface area contributed by atoms with Crippen molar-refractivity contribution in [2.24, 2.45) is 5.73 Å². The summed E-state index contributed by atoms with van der Waals surface area (Å²) in [6, 6.07) is 6.15. The summed E-state index contributed by atoms with van der Waals surface area (Å²) in [5, 5.41) is 11.4. The van der Waals surface area contributed by atoms with Gasteiger partial charge < -0.3 is 15.5 Å². The minimum absolute atomic E-state index is 0.00869. The average Bonchev–Trinajstić information content (AvgIpc) is 3.66. The van der Waals surface area contributed by atoms with Gasteiger partial charge in [-0.15, -0.1) is 11.3 Å². The maximum atomic E-state index is 13.7. The molecule has 0 fully saturated rings. The predicted octanol–water partition coefficient (Wildman–Crippen LogP) is 4.61. The van der Waals surface area contributed by atoms with Gasteiger partial charge in [0.25, 0.3) is 18.2 Å². The molecule has 13 heteroatoms. The molecule has 10 nitrogen and oxygen atoms in total. The van der Waals surface area contributed by atoms with Crippen LogP contribution in [0.1, 0.15) is 50.7 Å². The summed E-state index contributed by atoms with van der Waals surface area (Å²) in [5.74, 6) is -0.988. The van der Waals surface area contributed by atoms with Crippen molar-refractivity contribution in [3.8, 4) is 11.1 Å². The highest BCUT2D eigenvalue weighted by molar-refractivity contribution is 7.21. The number of aromatic nitrogens is 5. The topological polar surface area (TPSA) is 134 Å². The first-order valence-corrected chi connectivity index (χ1v) is 12.0. The van der Waals surface area contributed by atoms with Gasteiger partial charge >= 0.3 is 0 Å². The van der Waals surface area contributed by atoms with E-state index in [0.717, 1.165) is 17.0 Å². The summed E-state index contributed by atoms with van der Waals surface area (Å²) in [6.07, 6.45) is 2.09. The number of alkyl halides is 2. The summed E-state index contributed by atoms with van der Waals surface area (Å²) in [6.45, 7) is 4.60. The van der Waals surface area contributed by atoms with E-state index < -0.39 is 23.9 Å². The van der Waals surface area contributed by atoms with Gasteiger partial charge in [-0.3, -0.25) is 19.0 Å². The van der Waals surface area contributed by atoms with Crippen LogP contribution < -0.4 is 11.1 Å². The van der Waals surface area contributed by atoms with E-state index in [1.54, 1.807) is 40.1 Å². The molecule has 0 aliphatic carbocycles. The lowest BCUT2D eigenvalue weighted by Gasteiger charge is -2.10. The van der Waals surface area contributed by atoms with Crippen LogP contribution in [0.15, 0.2) is 47.3 Å². The van der Waals surface area contributed by atoms with E-state index in [1.165, 1.54) is 12.1 Å². The molecule has 2 amide bonds.